The van der Waals surface area contributed by atoms with Gasteiger partial charge in [-0.25, -0.2) is 0 Å². The van der Waals surface area contributed by atoms with Crippen LogP contribution in [-0.4, -0.2) is 37.6 Å². The van der Waals surface area contributed by atoms with Gasteiger partial charge in [-0.2, -0.15) is 5.26 Å². The zero-order valence-corrected chi connectivity index (χ0v) is 15.6. The van der Waals surface area contributed by atoms with Gasteiger partial charge in [-0.3, -0.25) is 9.69 Å². The highest BCUT2D eigenvalue weighted by Crippen LogP contribution is 2.26. The molecule has 0 saturated carbocycles. The number of amides is 1. The molecule has 1 atom stereocenters. The van der Waals surface area contributed by atoms with Crippen molar-refractivity contribution in [1.82, 2.24) is 10.2 Å². The first-order chi connectivity index (χ1) is 13.2. The average Bonchev–Trinajstić information content (AvgIpc) is 2.75. The number of rotatable bonds is 6. The van der Waals surface area contributed by atoms with Gasteiger partial charge in [-0.15, -0.1) is 0 Å². The number of hydrogen-bond donors (Lipinski definition) is 1. The Labute approximate surface area is 160 Å². The van der Waals surface area contributed by atoms with Gasteiger partial charge in [0.25, 0.3) is 5.91 Å². The molecule has 2 aromatic carbocycles. The van der Waals surface area contributed by atoms with Crippen molar-refractivity contribution in [2.24, 2.45) is 0 Å². The SMILES string of the molecule is COc1ccc(C(CNC(=O)c2ccc(C#N)cc2)N2CCCCC2)cc1. The van der Waals surface area contributed by atoms with Crippen LogP contribution in [0.15, 0.2) is 48.5 Å². The van der Waals surface area contributed by atoms with Gasteiger partial charge in [0.1, 0.15) is 5.75 Å². The molecular weight excluding hydrogens is 338 g/mol. The van der Waals surface area contributed by atoms with Crippen LogP contribution in [0.5, 0.6) is 5.75 Å². The van der Waals surface area contributed by atoms with E-state index in [4.69, 9.17) is 10.00 Å². The molecule has 5 heteroatoms. The first-order valence-corrected chi connectivity index (χ1v) is 9.37. The lowest BCUT2D eigenvalue weighted by Crippen LogP contribution is -2.40. The second-order valence-electron chi connectivity index (χ2n) is 6.78. The van der Waals surface area contributed by atoms with Crippen molar-refractivity contribution in [3.8, 4) is 11.8 Å². The zero-order valence-electron chi connectivity index (χ0n) is 15.6. The van der Waals surface area contributed by atoms with Crippen LogP contribution in [0.2, 0.25) is 0 Å². The Balaban J connectivity index is 1.71. The number of methoxy groups -OCH3 is 1. The molecule has 0 aromatic heterocycles. The molecule has 140 valence electrons. The summed E-state index contributed by atoms with van der Waals surface area (Å²) in [5, 5.41) is 12.0. The Morgan fingerprint density at radius 1 is 1.11 bits per heavy atom. The number of ether oxygens (including phenoxy) is 1. The molecule has 3 rings (SSSR count). The summed E-state index contributed by atoms with van der Waals surface area (Å²) in [6.45, 7) is 2.64. The van der Waals surface area contributed by atoms with E-state index in [1.807, 2.05) is 12.1 Å². The number of nitriles is 1. The van der Waals surface area contributed by atoms with Gasteiger partial charge in [0.2, 0.25) is 0 Å². The standard InChI is InChI=1S/C22H25N3O2/c1-27-20-11-9-18(10-12-20)21(25-13-3-2-4-14-25)16-24-22(26)19-7-5-17(15-23)6-8-19/h5-12,21H,2-4,13-14,16H2,1H3,(H,24,26). The van der Waals surface area contributed by atoms with E-state index in [1.165, 1.54) is 24.8 Å². The molecule has 1 heterocycles. The fourth-order valence-corrected chi connectivity index (χ4v) is 3.50. The highest BCUT2D eigenvalue weighted by atomic mass is 16.5. The van der Waals surface area contributed by atoms with E-state index in [0.717, 1.165) is 18.8 Å². The molecule has 1 unspecified atom stereocenters. The van der Waals surface area contributed by atoms with Crippen LogP contribution in [0.25, 0.3) is 0 Å². The van der Waals surface area contributed by atoms with E-state index < -0.39 is 0 Å². The molecule has 1 aliphatic rings. The fourth-order valence-electron chi connectivity index (χ4n) is 3.50. The predicted octanol–water partition coefficient (Wildman–Crippen LogP) is 3.52. The van der Waals surface area contributed by atoms with Crippen molar-refractivity contribution in [3.63, 3.8) is 0 Å². The number of nitrogens with one attached hydrogen (secondary N) is 1. The molecule has 2 aromatic rings. The van der Waals surface area contributed by atoms with Crippen molar-refractivity contribution < 1.29 is 9.53 Å². The highest BCUT2D eigenvalue weighted by molar-refractivity contribution is 5.94. The lowest BCUT2D eigenvalue weighted by Gasteiger charge is -2.35. The van der Waals surface area contributed by atoms with Gasteiger partial charge >= 0.3 is 0 Å². The molecule has 1 fully saturated rings. The summed E-state index contributed by atoms with van der Waals surface area (Å²) in [6.07, 6.45) is 3.65. The minimum Gasteiger partial charge on any atom is -0.497 e. The van der Waals surface area contributed by atoms with E-state index >= 15 is 0 Å². The number of carbonyl (C=O) groups excluding carboxylic acids is 1. The third-order valence-electron chi connectivity index (χ3n) is 5.06. The lowest BCUT2D eigenvalue weighted by molar-refractivity contribution is 0.0924. The van der Waals surface area contributed by atoms with Gasteiger partial charge in [0.05, 0.1) is 24.8 Å². The Bertz CT molecular complexity index is 788. The summed E-state index contributed by atoms with van der Waals surface area (Å²) in [7, 11) is 1.66. The van der Waals surface area contributed by atoms with Gasteiger partial charge in [0.15, 0.2) is 0 Å². The number of piperidine rings is 1. The Morgan fingerprint density at radius 2 is 1.78 bits per heavy atom. The van der Waals surface area contributed by atoms with Gasteiger partial charge in [-0.1, -0.05) is 18.6 Å². The van der Waals surface area contributed by atoms with Gasteiger partial charge in [-0.05, 0) is 67.9 Å². The maximum Gasteiger partial charge on any atom is 0.251 e. The summed E-state index contributed by atoms with van der Waals surface area (Å²) in [5.41, 5.74) is 2.30. The monoisotopic (exact) mass is 363 g/mol. The number of carbonyl (C=O) groups is 1. The summed E-state index contributed by atoms with van der Waals surface area (Å²) in [6, 6.07) is 17.0. The van der Waals surface area contributed by atoms with Gasteiger partial charge in [0, 0.05) is 12.1 Å². The van der Waals surface area contributed by atoms with Crippen LogP contribution in [0.4, 0.5) is 0 Å². The largest absolute Gasteiger partial charge is 0.497 e. The topological polar surface area (TPSA) is 65.4 Å². The van der Waals surface area contributed by atoms with E-state index in [-0.39, 0.29) is 11.9 Å². The van der Waals surface area contributed by atoms with Crippen LogP contribution in [0, 0.1) is 11.3 Å². The number of likely N-dealkylation sites (tertiary alicyclic amines) is 1. The second-order valence-corrected chi connectivity index (χ2v) is 6.78. The first kappa shape index (κ1) is 18.9. The molecule has 1 amide bonds. The van der Waals surface area contributed by atoms with E-state index in [9.17, 15) is 4.79 Å². The molecule has 0 bridgehead atoms. The van der Waals surface area contributed by atoms with Crippen LogP contribution >= 0.6 is 0 Å². The quantitative estimate of drug-likeness (QED) is 0.853. The molecule has 1 N–H and O–H groups in total. The van der Waals surface area contributed by atoms with Crippen molar-refractivity contribution >= 4 is 5.91 Å². The average molecular weight is 363 g/mol. The summed E-state index contributed by atoms with van der Waals surface area (Å²) in [4.78, 5) is 15.0. The molecule has 0 radical (unpaired) electrons. The lowest BCUT2D eigenvalue weighted by atomic mass is 10.0. The smallest absolute Gasteiger partial charge is 0.251 e. The van der Waals surface area contributed by atoms with Crippen LogP contribution in [-0.2, 0) is 0 Å². The Hall–Kier alpha value is -2.84. The molecule has 1 aliphatic heterocycles. The highest BCUT2D eigenvalue weighted by Gasteiger charge is 2.23. The van der Waals surface area contributed by atoms with Crippen LogP contribution in [0.1, 0.15) is 46.8 Å². The normalized spacial score (nSPS) is 15.6. The van der Waals surface area contributed by atoms with Crippen LogP contribution < -0.4 is 10.1 Å². The van der Waals surface area contributed by atoms with Crippen molar-refractivity contribution in [1.29, 1.82) is 5.26 Å². The third-order valence-corrected chi connectivity index (χ3v) is 5.06. The second kappa shape index (κ2) is 9.20. The summed E-state index contributed by atoms with van der Waals surface area (Å²) >= 11 is 0. The first-order valence-electron chi connectivity index (χ1n) is 9.37. The number of nitrogens with zero attached hydrogens (tertiary/aromatic N) is 2. The summed E-state index contributed by atoms with van der Waals surface area (Å²) < 4.78 is 5.26. The fraction of sp³-hybridized carbons (Fsp3) is 0.364. The van der Waals surface area contributed by atoms with Crippen molar-refractivity contribution in [2.75, 3.05) is 26.7 Å². The number of benzene rings is 2. The minimum atomic E-state index is -0.116. The van der Waals surface area contributed by atoms with E-state index in [2.05, 4.69) is 28.4 Å². The molecule has 5 nitrogen and oxygen atoms in total. The molecular formula is C22H25N3O2. The number of hydrogen-bond acceptors (Lipinski definition) is 4. The Kier molecular flexibility index (Phi) is 6.45. The minimum absolute atomic E-state index is 0.116. The van der Waals surface area contributed by atoms with E-state index in [1.54, 1.807) is 31.4 Å². The molecule has 0 aliphatic carbocycles. The Morgan fingerprint density at radius 3 is 2.37 bits per heavy atom. The predicted molar refractivity (Wildman–Crippen MR) is 105 cm³/mol. The van der Waals surface area contributed by atoms with Gasteiger partial charge < -0.3 is 10.1 Å². The summed E-state index contributed by atoms with van der Waals surface area (Å²) in [5.74, 6) is 0.716. The third kappa shape index (κ3) is 4.87. The van der Waals surface area contributed by atoms with Crippen molar-refractivity contribution in [2.45, 2.75) is 25.3 Å². The zero-order chi connectivity index (χ0) is 19.1. The molecule has 0 spiro atoms. The maximum atomic E-state index is 12.5. The van der Waals surface area contributed by atoms with Crippen LogP contribution in [0.3, 0.4) is 0 Å². The van der Waals surface area contributed by atoms with E-state index in [0.29, 0.717) is 17.7 Å². The molecule has 27 heavy (non-hydrogen) atoms. The van der Waals surface area contributed by atoms with Crippen molar-refractivity contribution in [3.05, 3.63) is 65.2 Å². The molecule has 1 saturated heterocycles. The maximum absolute atomic E-state index is 12.5.